The second-order valence-electron chi connectivity index (χ2n) is 7.41. The number of hydrogen-bond donors (Lipinski definition) is 2. The first-order chi connectivity index (χ1) is 13.8. The number of nitrogens with one attached hydrogen (secondary N) is 2. The van der Waals surface area contributed by atoms with Crippen LogP contribution in [0.3, 0.4) is 0 Å². The standard InChI is InChI=1S/C22H25ClN2O4/c1-22(2,29-16-11-9-15(23)10-12-16)21(27)25-19-8-4-3-7-18(19)20(26)24-14-17-6-5-13-28-17/h3-4,7-12,17H,5-6,13-14H2,1-2H3,(H,24,26)(H,25,27)/t17-/m1/s1. The minimum Gasteiger partial charge on any atom is -0.478 e. The molecule has 29 heavy (non-hydrogen) atoms. The molecule has 2 amide bonds. The van der Waals surface area contributed by atoms with Crippen molar-refractivity contribution in [1.29, 1.82) is 0 Å². The van der Waals surface area contributed by atoms with Crippen LogP contribution in [0.1, 0.15) is 37.0 Å². The van der Waals surface area contributed by atoms with E-state index < -0.39 is 5.60 Å². The molecule has 0 radical (unpaired) electrons. The third kappa shape index (κ3) is 5.71. The predicted molar refractivity (Wildman–Crippen MR) is 113 cm³/mol. The fraction of sp³-hybridized carbons (Fsp3) is 0.364. The average Bonchev–Trinajstić information content (AvgIpc) is 3.22. The van der Waals surface area contributed by atoms with Crippen molar-refractivity contribution in [3.63, 3.8) is 0 Å². The van der Waals surface area contributed by atoms with E-state index in [0.717, 1.165) is 19.4 Å². The van der Waals surface area contributed by atoms with Gasteiger partial charge in [-0.25, -0.2) is 0 Å². The average molecular weight is 417 g/mol. The predicted octanol–water partition coefficient (Wildman–Crippen LogP) is 4.04. The summed E-state index contributed by atoms with van der Waals surface area (Å²) < 4.78 is 11.4. The molecule has 7 heteroatoms. The van der Waals surface area contributed by atoms with Crippen molar-refractivity contribution >= 4 is 29.1 Å². The summed E-state index contributed by atoms with van der Waals surface area (Å²) in [5.74, 6) is -0.100. The quantitative estimate of drug-likeness (QED) is 0.714. The molecule has 1 atom stereocenters. The molecule has 2 aromatic carbocycles. The van der Waals surface area contributed by atoms with E-state index in [0.29, 0.717) is 28.6 Å². The molecule has 1 saturated heterocycles. The van der Waals surface area contributed by atoms with Gasteiger partial charge in [-0.3, -0.25) is 9.59 Å². The third-order valence-electron chi connectivity index (χ3n) is 4.67. The van der Waals surface area contributed by atoms with Crippen molar-refractivity contribution in [3.8, 4) is 5.75 Å². The topological polar surface area (TPSA) is 76.7 Å². The molecular formula is C22H25ClN2O4. The Bertz CT molecular complexity index is 861. The Labute approximate surface area is 175 Å². The molecule has 1 fully saturated rings. The highest BCUT2D eigenvalue weighted by Crippen LogP contribution is 2.23. The highest BCUT2D eigenvalue weighted by atomic mass is 35.5. The molecule has 0 aliphatic carbocycles. The van der Waals surface area contributed by atoms with E-state index in [1.807, 2.05) is 0 Å². The summed E-state index contributed by atoms with van der Waals surface area (Å²) in [5, 5.41) is 6.27. The lowest BCUT2D eigenvalue weighted by Gasteiger charge is -2.26. The van der Waals surface area contributed by atoms with Gasteiger partial charge < -0.3 is 20.1 Å². The van der Waals surface area contributed by atoms with Gasteiger partial charge in [-0.15, -0.1) is 0 Å². The first-order valence-electron chi connectivity index (χ1n) is 9.60. The van der Waals surface area contributed by atoms with E-state index in [2.05, 4.69) is 10.6 Å². The number of rotatable bonds is 7. The van der Waals surface area contributed by atoms with Crippen LogP contribution in [0.25, 0.3) is 0 Å². The van der Waals surface area contributed by atoms with Gasteiger partial charge in [0.1, 0.15) is 5.75 Å². The van der Waals surface area contributed by atoms with Crippen molar-refractivity contribution in [2.45, 2.75) is 38.4 Å². The van der Waals surface area contributed by atoms with Crippen molar-refractivity contribution in [1.82, 2.24) is 5.32 Å². The van der Waals surface area contributed by atoms with Crippen LogP contribution in [-0.2, 0) is 9.53 Å². The fourth-order valence-electron chi connectivity index (χ4n) is 3.01. The summed E-state index contributed by atoms with van der Waals surface area (Å²) in [7, 11) is 0. The second kappa shape index (κ2) is 9.29. The second-order valence-corrected chi connectivity index (χ2v) is 7.85. The molecule has 0 spiro atoms. The van der Waals surface area contributed by atoms with E-state index in [9.17, 15) is 9.59 Å². The number of para-hydroxylation sites is 1. The number of anilines is 1. The Morgan fingerprint density at radius 2 is 1.90 bits per heavy atom. The smallest absolute Gasteiger partial charge is 0.267 e. The van der Waals surface area contributed by atoms with Crippen molar-refractivity contribution < 1.29 is 19.1 Å². The van der Waals surface area contributed by atoms with Gasteiger partial charge in [-0.1, -0.05) is 23.7 Å². The molecule has 0 bridgehead atoms. The molecule has 0 saturated carbocycles. The van der Waals surface area contributed by atoms with Gasteiger partial charge in [0.15, 0.2) is 5.60 Å². The summed E-state index contributed by atoms with van der Waals surface area (Å²) >= 11 is 5.89. The molecule has 3 rings (SSSR count). The summed E-state index contributed by atoms with van der Waals surface area (Å²) in [6.45, 7) is 4.51. The van der Waals surface area contributed by atoms with Crippen molar-refractivity contribution in [2.75, 3.05) is 18.5 Å². The first-order valence-corrected chi connectivity index (χ1v) is 9.98. The zero-order valence-electron chi connectivity index (χ0n) is 16.5. The number of amides is 2. The molecule has 1 heterocycles. The monoisotopic (exact) mass is 416 g/mol. The highest BCUT2D eigenvalue weighted by molar-refractivity contribution is 6.30. The minimum atomic E-state index is -1.16. The van der Waals surface area contributed by atoms with Crippen LogP contribution < -0.4 is 15.4 Å². The van der Waals surface area contributed by atoms with Gasteiger partial charge in [0.05, 0.1) is 17.4 Å². The largest absolute Gasteiger partial charge is 0.478 e. The zero-order valence-corrected chi connectivity index (χ0v) is 17.3. The normalized spacial score (nSPS) is 16.3. The van der Waals surface area contributed by atoms with Crippen LogP contribution in [0.2, 0.25) is 5.02 Å². The molecule has 2 aromatic rings. The maximum absolute atomic E-state index is 12.8. The Morgan fingerprint density at radius 3 is 2.59 bits per heavy atom. The van der Waals surface area contributed by atoms with Crippen LogP contribution in [0.4, 0.5) is 5.69 Å². The highest BCUT2D eigenvalue weighted by Gasteiger charge is 2.31. The SMILES string of the molecule is CC(C)(Oc1ccc(Cl)cc1)C(=O)Nc1ccccc1C(=O)NC[C@H]1CCCO1. The number of carbonyl (C=O) groups excluding carboxylic acids is 2. The third-order valence-corrected chi connectivity index (χ3v) is 4.92. The number of carbonyl (C=O) groups is 2. The Kier molecular flexibility index (Phi) is 6.77. The van der Waals surface area contributed by atoms with E-state index in [1.54, 1.807) is 62.4 Å². The lowest BCUT2D eigenvalue weighted by atomic mass is 10.1. The minimum absolute atomic E-state index is 0.0485. The van der Waals surface area contributed by atoms with Crippen LogP contribution in [0.5, 0.6) is 5.75 Å². The summed E-state index contributed by atoms with van der Waals surface area (Å²) in [6.07, 6.45) is 2.00. The lowest BCUT2D eigenvalue weighted by molar-refractivity contribution is -0.128. The summed E-state index contributed by atoms with van der Waals surface area (Å²) in [4.78, 5) is 25.4. The molecular weight excluding hydrogens is 392 g/mol. The van der Waals surface area contributed by atoms with Crippen molar-refractivity contribution in [2.24, 2.45) is 0 Å². The number of halogens is 1. The van der Waals surface area contributed by atoms with Gasteiger partial charge >= 0.3 is 0 Å². The Morgan fingerprint density at radius 1 is 1.17 bits per heavy atom. The van der Waals surface area contributed by atoms with E-state index in [-0.39, 0.29) is 17.9 Å². The molecule has 0 aromatic heterocycles. The van der Waals surface area contributed by atoms with E-state index in [4.69, 9.17) is 21.1 Å². The number of benzene rings is 2. The molecule has 154 valence electrons. The van der Waals surface area contributed by atoms with Gasteiger partial charge in [0.25, 0.3) is 11.8 Å². The lowest BCUT2D eigenvalue weighted by Crippen LogP contribution is -2.43. The first kappa shape index (κ1) is 21.1. The van der Waals surface area contributed by atoms with Crippen LogP contribution in [0.15, 0.2) is 48.5 Å². The molecule has 2 N–H and O–H groups in total. The van der Waals surface area contributed by atoms with Gasteiger partial charge in [0, 0.05) is 18.2 Å². The summed E-state index contributed by atoms with van der Waals surface area (Å²) in [6, 6.07) is 13.7. The molecule has 6 nitrogen and oxygen atoms in total. The van der Waals surface area contributed by atoms with Gasteiger partial charge in [-0.2, -0.15) is 0 Å². The maximum Gasteiger partial charge on any atom is 0.267 e. The Balaban J connectivity index is 1.66. The van der Waals surface area contributed by atoms with Crippen LogP contribution in [-0.4, -0.2) is 36.7 Å². The van der Waals surface area contributed by atoms with E-state index in [1.165, 1.54) is 0 Å². The zero-order chi connectivity index (χ0) is 20.9. The van der Waals surface area contributed by atoms with Crippen LogP contribution in [0, 0.1) is 0 Å². The van der Waals surface area contributed by atoms with Crippen molar-refractivity contribution in [3.05, 3.63) is 59.1 Å². The Hall–Kier alpha value is -2.57. The molecule has 1 aliphatic rings. The molecule has 1 aliphatic heterocycles. The fourth-order valence-corrected chi connectivity index (χ4v) is 3.14. The van der Waals surface area contributed by atoms with Gasteiger partial charge in [0.2, 0.25) is 0 Å². The van der Waals surface area contributed by atoms with E-state index >= 15 is 0 Å². The van der Waals surface area contributed by atoms with Gasteiger partial charge in [-0.05, 0) is 63.1 Å². The number of hydrogen-bond acceptors (Lipinski definition) is 4. The summed E-state index contributed by atoms with van der Waals surface area (Å²) in [5.41, 5.74) is -0.342. The maximum atomic E-state index is 12.8. The number of ether oxygens (including phenoxy) is 2. The molecule has 0 unspecified atom stereocenters. The van der Waals surface area contributed by atoms with Crippen LogP contribution >= 0.6 is 11.6 Å².